The van der Waals surface area contributed by atoms with Crippen LogP contribution in [0.1, 0.15) is 33.4 Å². The molecule has 2 aromatic rings. The Bertz CT molecular complexity index is 742. The summed E-state index contributed by atoms with van der Waals surface area (Å²) in [6, 6.07) is 12.1. The van der Waals surface area contributed by atoms with Crippen molar-refractivity contribution >= 4 is 11.8 Å². The maximum absolute atomic E-state index is 12.7. The third kappa shape index (κ3) is 2.45. The van der Waals surface area contributed by atoms with Gasteiger partial charge >= 0.3 is 0 Å². The summed E-state index contributed by atoms with van der Waals surface area (Å²) < 4.78 is 0. The van der Waals surface area contributed by atoms with Gasteiger partial charge in [-0.05, 0) is 36.6 Å². The first-order valence-corrected chi connectivity index (χ1v) is 7.19. The molecule has 0 spiro atoms. The number of carbonyl (C=O) groups excluding carboxylic acids is 2. The van der Waals surface area contributed by atoms with Gasteiger partial charge in [-0.15, -0.1) is 0 Å². The number of benzene rings is 1. The lowest BCUT2D eigenvalue weighted by Crippen LogP contribution is -2.46. The van der Waals surface area contributed by atoms with Crippen LogP contribution in [0.3, 0.4) is 0 Å². The summed E-state index contributed by atoms with van der Waals surface area (Å²) in [4.78, 5) is 30.4. The van der Waals surface area contributed by atoms with Gasteiger partial charge in [-0.1, -0.05) is 30.3 Å². The number of carbonyl (C=O) groups is 2. The second kappa shape index (κ2) is 5.60. The Labute approximate surface area is 128 Å². The predicted molar refractivity (Wildman–Crippen MR) is 82.1 cm³/mol. The molecule has 112 valence electrons. The number of rotatable bonds is 2. The van der Waals surface area contributed by atoms with E-state index in [2.05, 4.69) is 4.98 Å². The molecule has 1 aliphatic rings. The second-order valence-corrected chi connectivity index (χ2v) is 5.42. The third-order valence-electron chi connectivity index (χ3n) is 3.92. The van der Waals surface area contributed by atoms with E-state index in [0.29, 0.717) is 18.7 Å². The maximum Gasteiger partial charge on any atom is 0.273 e. The van der Waals surface area contributed by atoms with Gasteiger partial charge in [-0.2, -0.15) is 0 Å². The van der Waals surface area contributed by atoms with Crippen LogP contribution >= 0.6 is 0 Å². The summed E-state index contributed by atoms with van der Waals surface area (Å²) in [5, 5.41) is 0. The smallest absolute Gasteiger partial charge is 0.273 e. The Kier molecular flexibility index (Phi) is 3.63. The molecule has 0 fully saturated rings. The number of nitrogens with two attached hydrogens (primary N) is 1. The van der Waals surface area contributed by atoms with E-state index in [9.17, 15) is 9.59 Å². The fraction of sp³-hybridized carbons (Fsp3) is 0.235. The number of fused-ring (bicyclic) bond motifs is 1. The van der Waals surface area contributed by atoms with Gasteiger partial charge in [0.2, 0.25) is 5.91 Å². The van der Waals surface area contributed by atoms with Crippen molar-refractivity contribution < 1.29 is 9.59 Å². The van der Waals surface area contributed by atoms with E-state index in [1.54, 1.807) is 12.1 Å². The van der Waals surface area contributed by atoms with Gasteiger partial charge < -0.3 is 10.6 Å². The lowest BCUT2D eigenvalue weighted by molar-refractivity contribution is -0.123. The summed E-state index contributed by atoms with van der Waals surface area (Å²) in [7, 11) is 0. The first-order chi connectivity index (χ1) is 10.6. The van der Waals surface area contributed by atoms with Crippen LogP contribution in [0.2, 0.25) is 0 Å². The van der Waals surface area contributed by atoms with Crippen LogP contribution in [0.15, 0.2) is 42.5 Å². The fourth-order valence-electron chi connectivity index (χ4n) is 2.90. The van der Waals surface area contributed by atoms with E-state index in [1.165, 1.54) is 4.90 Å². The molecule has 1 aromatic carbocycles. The monoisotopic (exact) mass is 295 g/mol. The minimum atomic E-state index is -0.736. The molecule has 5 nitrogen and oxygen atoms in total. The third-order valence-corrected chi connectivity index (χ3v) is 3.92. The maximum atomic E-state index is 12.7. The van der Waals surface area contributed by atoms with E-state index in [-0.39, 0.29) is 5.91 Å². The highest BCUT2D eigenvalue weighted by molar-refractivity contribution is 5.96. The molecule has 0 radical (unpaired) electrons. The molecule has 5 heteroatoms. The minimum absolute atomic E-state index is 0.262. The van der Waals surface area contributed by atoms with E-state index in [0.717, 1.165) is 16.8 Å². The van der Waals surface area contributed by atoms with Gasteiger partial charge in [0.1, 0.15) is 11.7 Å². The van der Waals surface area contributed by atoms with Gasteiger partial charge in [-0.25, -0.2) is 4.98 Å². The number of nitrogens with zero attached hydrogens (tertiary/aromatic N) is 2. The van der Waals surface area contributed by atoms with Gasteiger partial charge in [0, 0.05) is 12.2 Å². The van der Waals surface area contributed by atoms with E-state index in [1.807, 2.05) is 37.3 Å². The number of hydrogen-bond acceptors (Lipinski definition) is 3. The highest BCUT2D eigenvalue weighted by Crippen LogP contribution is 2.30. The van der Waals surface area contributed by atoms with E-state index >= 15 is 0 Å². The van der Waals surface area contributed by atoms with Crippen molar-refractivity contribution in [1.29, 1.82) is 0 Å². The molecular weight excluding hydrogens is 278 g/mol. The van der Waals surface area contributed by atoms with Crippen molar-refractivity contribution in [2.75, 3.05) is 6.54 Å². The quantitative estimate of drug-likeness (QED) is 0.914. The van der Waals surface area contributed by atoms with Crippen molar-refractivity contribution in [2.45, 2.75) is 19.4 Å². The molecular formula is C17H17N3O2. The van der Waals surface area contributed by atoms with Crippen molar-refractivity contribution in [2.24, 2.45) is 5.73 Å². The topological polar surface area (TPSA) is 76.3 Å². The Morgan fingerprint density at radius 1 is 1.18 bits per heavy atom. The molecule has 0 bridgehead atoms. The first kappa shape index (κ1) is 14.3. The van der Waals surface area contributed by atoms with Gasteiger partial charge in [0.15, 0.2) is 0 Å². The number of aryl methyl sites for hydroxylation is 1. The molecule has 2 amide bonds. The largest absolute Gasteiger partial charge is 0.368 e. The summed E-state index contributed by atoms with van der Waals surface area (Å²) in [6.45, 7) is 2.28. The van der Waals surface area contributed by atoms with Crippen LogP contribution in [0.4, 0.5) is 0 Å². The van der Waals surface area contributed by atoms with Crippen LogP contribution in [-0.4, -0.2) is 28.2 Å². The molecule has 1 unspecified atom stereocenters. The lowest BCUT2D eigenvalue weighted by Gasteiger charge is -2.35. The molecule has 0 aliphatic carbocycles. The fourth-order valence-corrected chi connectivity index (χ4v) is 2.90. The van der Waals surface area contributed by atoms with Crippen LogP contribution in [0.5, 0.6) is 0 Å². The molecule has 2 N–H and O–H groups in total. The summed E-state index contributed by atoms with van der Waals surface area (Å²) in [6.07, 6.45) is 0.706. The number of primary amides is 1. The van der Waals surface area contributed by atoms with E-state index < -0.39 is 11.9 Å². The predicted octanol–water partition coefficient (Wildman–Crippen LogP) is 1.61. The molecule has 22 heavy (non-hydrogen) atoms. The van der Waals surface area contributed by atoms with Crippen molar-refractivity contribution in [3.63, 3.8) is 0 Å². The van der Waals surface area contributed by atoms with Gasteiger partial charge in [-0.3, -0.25) is 9.59 Å². The van der Waals surface area contributed by atoms with Crippen molar-refractivity contribution in [1.82, 2.24) is 9.88 Å². The number of pyridine rings is 1. The van der Waals surface area contributed by atoms with Crippen LogP contribution in [0.25, 0.3) is 0 Å². The first-order valence-electron chi connectivity index (χ1n) is 7.19. The highest BCUT2D eigenvalue weighted by Gasteiger charge is 2.35. The normalized spacial score (nSPS) is 17.0. The Hall–Kier alpha value is -2.69. The summed E-state index contributed by atoms with van der Waals surface area (Å²) in [5.74, 6) is -0.782. The average Bonchev–Trinajstić information content (AvgIpc) is 2.52. The molecule has 0 saturated heterocycles. The molecule has 3 rings (SSSR count). The van der Waals surface area contributed by atoms with Crippen molar-refractivity contribution in [3.05, 3.63) is 65.0 Å². The van der Waals surface area contributed by atoms with Gasteiger partial charge in [0.25, 0.3) is 5.91 Å². The zero-order valence-electron chi connectivity index (χ0n) is 12.3. The summed E-state index contributed by atoms with van der Waals surface area (Å²) in [5.41, 5.74) is 8.54. The lowest BCUT2D eigenvalue weighted by atomic mass is 9.92. The van der Waals surface area contributed by atoms with Crippen LogP contribution in [0, 0.1) is 6.92 Å². The molecule has 1 aromatic heterocycles. The standard InChI is InChI=1S/C17H17N3O2/c1-11-5-4-8-14(19-11)17(22)20-10-9-12-6-2-3-7-13(12)15(20)16(18)21/h2-8,15H,9-10H2,1H3,(H2,18,21). The second-order valence-electron chi connectivity index (χ2n) is 5.42. The number of amides is 2. The zero-order chi connectivity index (χ0) is 15.7. The Balaban J connectivity index is 2.00. The van der Waals surface area contributed by atoms with Crippen LogP contribution < -0.4 is 5.73 Å². The Morgan fingerprint density at radius 2 is 1.95 bits per heavy atom. The highest BCUT2D eigenvalue weighted by atomic mass is 16.2. The minimum Gasteiger partial charge on any atom is -0.368 e. The van der Waals surface area contributed by atoms with Gasteiger partial charge in [0.05, 0.1) is 0 Å². The van der Waals surface area contributed by atoms with Crippen molar-refractivity contribution in [3.8, 4) is 0 Å². The molecule has 2 heterocycles. The van der Waals surface area contributed by atoms with E-state index in [4.69, 9.17) is 5.73 Å². The molecule has 1 aliphatic heterocycles. The molecule has 1 atom stereocenters. The number of hydrogen-bond donors (Lipinski definition) is 1. The Morgan fingerprint density at radius 3 is 2.68 bits per heavy atom. The SMILES string of the molecule is Cc1cccc(C(=O)N2CCc3ccccc3C2C(N)=O)n1. The average molecular weight is 295 g/mol. The van der Waals surface area contributed by atoms with Crippen LogP contribution in [-0.2, 0) is 11.2 Å². The molecule has 0 saturated carbocycles. The zero-order valence-corrected chi connectivity index (χ0v) is 12.3. The number of aromatic nitrogens is 1. The summed E-state index contributed by atoms with van der Waals surface area (Å²) >= 11 is 0.